The van der Waals surface area contributed by atoms with Crippen LogP contribution in [-0.4, -0.2) is 20.5 Å². The number of aliphatic hydroxyl groups is 1. The summed E-state index contributed by atoms with van der Waals surface area (Å²) < 4.78 is 2.13. The third kappa shape index (κ3) is 5.10. The van der Waals surface area contributed by atoms with Crippen LogP contribution in [-0.2, 0) is 13.0 Å². The van der Waals surface area contributed by atoms with E-state index in [0.717, 1.165) is 30.0 Å². The van der Waals surface area contributed by atoms with Crippen molar-refractivity contribution in [1.82, 2.24) is 15.1 Å². The lowest BCUT2D eigenvalue weighted by molar-refractivity contribution is 0.143. The van der Waals surface area contributed by atoms with Crippen LogP contribution < -0.4 is 5.32 Å². The normalized spacial score (nSPS) is 17.7. The lowest BCUT2D eigenvalue weighted by Gasteiger charge is -2.36. The van der Waals surface area contributed by atoms with Gasteiger partial charge in [0.05, 0.1) is 16.8 Å². The van der Waals surface area contributed by atoms with Crippen molar-refractivity contribution in [3.05, 3.63) is 69.2 Å². The van der Waals surface area contributed by atoms with E-state index in [-0.39, 0.29) is 11.5 Å². The standard InChI is InChI=1S/C26H31N3OS/c1-18-8-6-7-9-23(18)29-24-15-25(2,3)14-22(21(24)17-28-29)27-16-20-11-10-19(31-20)12-13-26(4,5)30/h6-11,17,22,27,30H,14-16H2,1-5H3/t22-/m1/s1. The molecule has 0 fully saturated rings. The van der Waals surface area contributed by atoms with Crippen molar-refractivity contribution in [2.45, 2.75) is 65.6 Å². The Morgan fingerprint density at radius 1 is 1.26 bits per heavy atom. The fourth-order valence-corrected chi connectivity index (χ4v) is 5.02. The van der Waals surface area contributed by atoms with Crippen molar-refractivity contribution in [2.24, 2.45) is 5.41 Å². The van der Waals surface area contributed by atoms with E-state index in [1.165, 1.54) is 21.7 Å². The number of hydrogen-bond donors (Lipinski definition) is 2. The number of rotatable bonds is 4. The highest BCUT2D eigenvalue weighted by Gasteiger charge is 2.35. The first-order valence-electron chi connectivity index (χ1n) is 10.8. The minimum absolute atomic E-state index is 0.198. The van der Waals surface area contributed by atoms with Gasteiger partial charge in [0, 0.05) is 28.7 Å². The summed E-state index contributed by atoms with van der Waals surface area (Å²) in [6.07, 6.45) is 4.14. The molecule has 0 spiro atoms. The molecule has 31 heavy (non-hydrogen) atoms. The number of aryl methyl sites for hydroxylation is 1. The predicted molar refractivity (Wildman–Crippen MR) is 127 cm³/mol. The van der Waals surface area contributed by atoms with E-state index < -0.39 is 5.60 Å². The molecule has 0 saturated carbocycles. The molecular formula is C26H31N3OS. The van der Waals surface area contributed by atoms with Gasteiger partial charge in [-0.3, -0.25) is 0 Å². The van der Waals surface area contributed by atoms with E-state index in [4.69, 9.17) is 5.10 Å². The van der Waals surface area contributed by atoms with Gasteiger partial charge in [0.25, 0.3) is 0 Å². The SMILES string of the molecule is Cc1ccccc1-n1ncc2c1CC(C)(C)C[C@H]2NCc1ccc(C#CC(C)(C)O)s1. The molecule has 0 saturated heterocycles. The van der Waals surface area contributed by atoms with E-state index in [9.17, 15) is 5.11 Å². The zero-order chi connectivity index (χ0) is 22.2. The molecule has 0 radical (unpaired) electrons. The number of para-hydroxylation sites is 1. The topological polar surface area (TPSA) is 50.1 Å². The summed E-state index contributed by atoms with van der Waals surface area (Å²) in [5.74, 6) is 5.96. The van der Waals surface area contributed by atoms with Crippen molar-refractivity contribution in [3.63, 3.8) is 0 Å². The first-order chi connectivity index (χ1) is 14.6. The Balaban J connectivity index is 1.55. The molecule has 2 heterocycles. The zero-order valence-corrected chi connectivity index (χ0v) is 19.8. The van der Waals surface area contributed by atoms with Gasteiger partial charge in [-0.2, -0.15) is 5.10 Å². The van der Waals surface area contributed by atoms with E-state index in [0.29, 0.717) is 0 Å². The minimum Gasteiger partial charge on any atom is -0.378 e. The maximum Gasteiger partial charge on any atom is 0.120 e. The fraction of sp³-hybridized carbons (Fsp3) is 0.423. The first kappa shape index (κ1) is 21.8. The molecule has 4 rings (SSSR count). The molecule has 0 bridgehead atoms. The van der Waals surface area contributed by atoms with Gasteiger partial charge in [-0.15, -0.1) is 11.3 Å². The Kier molecular flexibility index (Phi) is 5.83. The largest absolute Gasteiger partial charge is 0.378 e. The van der Waals surface area contributed by atoms with Crippen LogP contribution in [0, 0.1) is 24.2 Å². The number of nitrogens with one attached hydrogen (secondary N) is 1. The van der Waals surface area contributed by atoms with Crippen LogP contribution in [0.15, 0.2) is 42.6 Å². The molecule has 4 nitrogen and oxygen atoms in total. The molecule has 1 atom stereocenters. The maximum absolute atomic E-state index is 9.81. The lowest BCUT2D eigenvalue weighted by Crippen LogP contribution is -2.33. The van der Waals surface area contributed by atoms with Gasteiger partial charge in [0.1, 0.15) is 5.60 Å². The molecule has 5 heteroatoms. The van der Waals surface area contributed by atoms with Gasteiger partial charge in [0.15, 0.2) is 0 Å². The van der Waals surface area contributed by atoms with Crippen molar-refractivity contribution in [3.8, 4) is 17.5 Å². The summed E-state index contributed by atoms with van der Waals surface area (Å²) in [5, 5.41) is 18.4. The number of hydrogen-bond acceptors (Lipinski definition) is 4. The Labute approximate surface area is 189 Å². The summed E-state index contributed by atoms with van der Waals surface area (Å²) in [6.45, 7) is 11.0. The summed E-state index contributed by atoms with van der Waals surface area (Å²) in [6, 6.07) is 12.9. The van der Waals surface area contributed by atoms with Crippen LogP contribution in [0.2, 0.25) is 0 Å². The van der Waals surface area contributed by atoms with Gasteiger partial charge in [0.2, 0.25) is 0 Å². The van der Waals surface area contributed by atoms with Crippen molar-refractivity contribution >= 4 is 11.3 Å². The molecule has 0 unspecified atom stereocenters. The molecule has 0 aliphatic heterocycles. The van der Waals surface area contributed by atoms with Gasteiger partial charge in [-0.25, -0.2) is 4.68 Å². The molecule has 2 N–H and O–H groups in total. The quantitative estimate of drug-likeness (QED) is 0.558. The molecule has 2 aromatic heterocycles. The van der Waals surface area contributed by atoms with Gasteiger partial charge in [-0.1, -0.05) is 43.9 Å². The van der Waals surface area contributed by atoms with Crippen molar-refractivity contribution in [1.29, 1.82) is 0 Å². The van der Waals surface area contributed by atoms with Crippen LogP contribution in [0.3, 0.4) is 0 Å². The van der Waals surface area contributed by atoms with E-state index in [1.807, 2.05) is 12.3 Å². The average molecular weight is 434 g/mol. The maximum atomic E-state index is 9.81. The Hall–Kier alpha value is -2.39. The smallest absolute Gasteiger partial charge is 0.120 e. The number of nitrogens with zero attached hydrogens (tertiary/aromatic N) is 2. The van der Waals surface area contributed by atoms with Crippen LogP contribution in [0.5, 0.6) is 0 Å². The molecule has 1 aromatic carbocycles. The summed E-state index contributed by atoms with van der Waals surface area (Å²) in [5.41, 5.74) is 4.24. The summed E-state index contributed by atoms with van der Waals surface area (Å²) >= 11 is 1.68. The highest BCUT2D eigenvalue weighted by molar-refractivity contribution is 7.12. The third-order valence-corrected chi connectivity index (χ3v) is 6.70. The number of benzene rings is 1. The second-order valence-electron chi connectivity index (χ2n) is 9.80. The molecule has 162 valence electrons. The number of thiophene rings is 1. The van der Waals surface area contributed by atoms with Gasteiger partial charge < -0.3 is 10.4 Å². The van der Waals surface area contributed by atoms with Crippen LogP contribution in [0.1, 0.15) is 66.7 Å². The third-order valence-electron chi connectivity index (χ3n) is 5.70. The summed E-state index contributed by atoms with van der Waals surface area (Å²) in [4.78, 5) is 2.23. The molecule has 1 aliphatic rings. The zero-order valence-electron chi connectivity index (χ0n) is 19.0. The molecule has 3 aromatic rings. The first-order valence-corrected chi connectivity index (χ1v) is 11.6. The predicted octanol–water partition coefficient (Wildman–Crippen LogP) is 5.17. The Bertz CT molecular complexity index is 1140. The monoisotopic (exact) mass is 433 g/mol. The highest BCUT2D eigenvalue weighted by atomic mass is 32.1. The average Bonchev–Trinajstić information content (AvgIpc) is 3.30. The van der Waals surface area contributed by atoms with Crippen LogP contribution in [0.4, 0.5) is 0 Å². The summed E-state index contributed by atoms with van der Waals surface area (Å²) in [7, 11) is 0. The molecular weight excluding hydrogens is 402 g/mol. The minimum atomic E-state index is -0.969. The van der Waals surface area contributed by atoms with E-state index in [1.54, 1.807) is 25.2 Å². The number of aromatic nitrogens is 2. The Morgan fingerprint density at radius 2 is 2.03 bits per heavy atom. The Morgan fingerprint density at radius 3 is 2.77 bits per heavy atom. The van der Waals surface area contributed by atoms with Crippen LogP contribution >= 0.6 is 11.3 Å². The van der Waals surface area contributed by atoms with Crippen molar-refractivity contribution < 1.29 is 5.11 Å². The fourth-order valence-electron chi connectivity index (χ4n) is 4.21. The van der Waals surface area contributed by atoms with Gasteiger partial charge >= 0.3 is 0 Å². The highest BCUT2D eigenvalue weighted by Crippen LogP contribution is 2.41. The van der Waals surface area contributed by atoms with Crippen LogP contribution in [0.25, 0.3) is 5.69 Å². The second-order valence-corrected chi connectivity index (χ2v) is 11.0. The van der Waals surface area contributed by atoms with Gasteiger partial charge in [-0.05, 0) is 62.8 Å². The molecule has 0 amide bonds. The van der Waals surface area contributed by atoms with Crippen molar-refractivity contribution in [2.75, 3.05) is 0 Å². The lowest BCUT2D eigenvalue weighted by atomic mass is 9.74. The molecule has 1 aliphatic carbocycles. The number of fused-ring (bicyclic) bond motifs is 1. The van der Waals surface area contributed by atoms with E-state index in [2.05, 4.69) is 72.9 Å². The second kappa shape index (κ2) is 8.27. The van der Waals surface area contributed by atoms with E-state index >= 15 is 0 Å².